The van der Waals surface area contributed by atoms with Gasteiger partial charge in [-0.3, -0.25) is 0 Å². The molecule has 1 unspecified atom stereocenters. The lowest BCUT2D eigenvalue weighted by molar-refractivity contribution is 0.596. The van der Waals surface area contributed by atoms with Gasteiger partial charge in [0.2, 0.25) is 5.95 Å². The Morgan fingerprint density at radius 3 is 2.64 bits per heavy atom. The van der Waals surface area contributed by atoms with Gasteiger partial charge in [-0.15, -0.1) is 0 Å². The van der Waals surface area contributed by atoms with E-state index in [9.17, 15) is 8.78 Å². The molecule has 1 aliphatic rings. The fourth-order valence-electron chi connectivity index (χ4n) is 3.88. The second-order valence-electron chi connectivity index (χ2n) is 6.71. The number of nitrogens with one attached hydrogen (secondary N) is 1. The molecule has 0 saturated carbocycles. The minimum absolute atomic E-state index is 0.101. The minimum atomic E-state index is -0.483. The molecule has 0 saturated heterocycles. The monoisotopic (exact) mass is 395 g/mol. The fourth-order valence-corrected chi connectivity index (χ4v) is 4.05. The molecule has 1 N–H and O–H groups in total. The van der Waals surface area contributed by atoms with E-state index in [-0.39, 0.29) is 11.1 Å². The Labute approximate surface area is 164 Å². The summed E-state index contributed by atoms with van der Waals surface area (Å²) >= 11 is 6.02. The maximum Gasteiger partial charge on any atom is 0.226 e. The zero-order valence-electron chi connectivity index (χ0n) is 14.6. The Bertz CT molecular complexity index is 1160. The van der Waals surface area contributed by atoms with Gasteiger partial charge in [0, 0.05) is 23.1 Å². The summed E-state index contributed by atoms with van der Waals surface area (Å²) in [5, 5.41) is 1.01. The van der Waals surface area contributed by atoms with Crippen LogP contribution < -0.4 is 4.90 Å². The molecule has 1 aliphatic heterocycles. The van der Waals surface area contributed by atoms with E-state index in [1.807, 2.05) is 29.2 Å². The van der Waals surface area contributed by atoms with E-state index in [4.69, 9.17) is 11.6 Å². The highest BCUT2D eigenvalue weighted by atomic mass is 35.5. The highest BCUT2D eigenvalue weighted by Crippen LogP contribution is 2.40. The van der Waals surface area contributed by atoms with Gasteiger partial charge in [-0.2, -0.15) is 0 Å². The highest BCUT2D eigenvalue weighted by molar-refractivity contribution is 6.31. The van der Waals surface area contributed by atoms with Crippen molar-refractivity contribution >= 4 is 28.5 Å². The lowest BCUT2D eigenvalue weighted by atomic mass is 9.92. The average Bonchev–Trinajstić information content (AvgIpc) is 3.06. The summed E-state index contributed by atoms with van der Waals surface area (Å²) in [5.41, 5.74) is 3.72. The van der Waals surface area contributed by atoms with Crippen LogP contribution in [0.4, 0.5) is 14.7 Å². The van der Waals surface area contributed by atoms with Crippen LogP contribution in [-0.2, 0) is 6.42 Å². The molecule has 139 valence electrons. The van der Waals surface area contributed by atoms with Gasteiger partial charge < -0.3 is 9.88 Å². The summed E-state index contributed by atoms with van der Waals surface area (Å²) in [5.74, 6) is -0.506. The first-order valence-electron chi connectivity index (χ1n) is 8.81. The topological polar surface area (TPSA) is 44.8 Å². The van der Waals surface area contributed by atoms with Gasteiger partial charge in [-0.25, -0.2) is 18.7 Å². The summed E-state index contributed by atoms with van der Waals surface area (Å²) in [6.07, 6.45) is 3.02. The van der Waals surface area contributed by atoms with E-state index in [0.717, 1.165) is 34.6 Å². The second-order valence-corrected chi connectivity index (χ2v) is 7.12. The van der Waals surface area contributed by atoms with E-state index in [1.54, 1.807) is 6.07 Å². The van der Waals surface area contributed by atoms with Gasteiger partial charge in [0.15, 0.2) is 5.82 Å². The third-order valence-electron chi connectivity index (χ3n) is 5.09. The first-order chi connectivity index (χ1) is 13.6. The number of anilines is 1. The van der Waals surface area contributed by atoms with E-state index in [1.165, 1.54) is 6.07 Å². The summed E-state index contributed by atoms with van der Waals surface area (Å²) in [7, 11) is 0. The van der Waals surface area contributed by atoms with Crippen molar-refractivity contribution in [3.05, 3.63) is 88.3 Å². The van der Waals surface area contributed by atoms with Crippen LogP contribution in [0, 0.1) is 17.7 Å². The van der Waals surface area contributed by atoms with Crippen LogP contribution in [0.2, 0.25) is 5.02 Å². The molecule has 0 bridgehead atoms. The lowest BCUT2D eigenvalue weighted by Crippen LogP contribution is -2.37. The predicted octanol–water partition coefficient (Wildman–Crippen LogP) is 4.84. The van der Waals surface area contributed by atoms with Crippen LogP contribution in [0.3, 0.4) is 0 Å². The molecular formula is C21H14ClF2N4. The van der Waals surface area contributed by atoms with Crippen molar-refractivity contribution in [2.24, 2.45) is 0 Å². The molecule has 7 heteroatoms. The molecule has 5 rings (SSSR count). The molecule has 0 fully saturated rings. The van der Waals surface area contributed by atoms with Crippen molar-refractivity contribution in [3.8, 4) is 0 Å². The van der Waals surface area contributed by atoms with Gasteiger partial charge in [0.1, 0.15) is 5.82 Å². The van der Waals surface area contributed by atoms with Crippen LogP contribution in [-0.4, -0.2) is 21.5 Å². The van der Waals surface area contributed by atoms with Gasteiger partial charge in [-0.1, -0.05) is 35.9 Å². The maximum absolute atomic E-state index is 14.0. The normalized spacial score (nSPS) is 16.4. The number of aromatic amines is 1. The summed E-state index contributed by atoms with van der Waals surface area (Å²) in [6, 6.07) is 13.5. The number of aromatic nitrogens is 3. The molecule has 0 aliphatic carbocycles. The van der Waals surface area contributed by atoms with Crippen molar-refractivity contribution in [2.75, 3.05) is 11.4 Å². The quantitative estimate of drug-likeness (QED) is 0.528. The first-order valence-corrected chi connectivity index (χ1v) is 9.19. The molecule has 0 spiro atoms. The van der Waals surface area contributed by atoms with E-state index < -0.39 is 11.6 Å². The lowest BCUT2D eigenvalue weighted by Gasteiger charge is -2.36. The largest absolute Gasteiger partial charge is 0.356 e. The number of benzene rings is 2. The molecule has 0 amide bonds. The predicted molar refractivity (Wildman–Crippen MR) is 103 cm³/mol. The fraction of sp³-hybridized carbons (Fsp3) is 0.143. The van der Waals surface area contributed by atoms with E-state index in [0.29, 0.717) is 24.4 Å². The molecule has 2 aromatic carbocycles. The van der Waals surface area contributed by atoms with Crippen LogP contribution >= 0.6 is 11.6 Å². The zero-order valence-corrected chi connectivity index (χ0v) is 15.3. The van der Waals surface area contributed by atoms with Gasteiger partial charge in [0.05, 0.1) is 23.5 Å². The Hall–Kier alpha value is -2.99. The van der Waals surface area contributed by atoms with Crippen molar-refractivity contribution in [1.82, 2.24) is 15.0 Å². The number of hydrogen-bond donors (Lipinski definition) is 1. The van der Waals surface area contributed by atoms with Crippen LogP contribution in [0.1, 0.15) is 22.9 Å². The SMILES string of the molecule is Fc1cnc(N2CCc3c([nH]c4cc(F)c(Cl)cc34)C2c2cc[c]cc2)nc1. The van der Waals surface area contributed by atoms with Gasteiger partial charge in [-0.05, 0) is 35.7 Å². The van der Waals surface area contributed by atoms with Crippen molar-refractivity contribution in [2.45, 2.75) is 12.5 Å². The average molecular weight is 396 g/mol. The minimum Gasteiger partial charge on any atom is -0.356 e. The summed E-state index contributed by atoms with van der Waals surface area (Å²) in [4.78, 5) is 13.7. The van der Waals surface area contributed by atoms with Crippen LogP contribution in [0.25, 0.3) is 10.9 Å². The molecule has 3 heterocycles. The third kappa shape index (κ3) is 2.72. The Morgan fingerprint density at radius 1 is 1.14 bits per heavy atom. The number of fused-ring (bicyclic) bond motifs is 3. The van der Waals surface area contributed by atoms with Crippen molar-refractivity contribution in [3.63, 3.8) is 0 Å². The van der Waals surface area contributed by atoms with Gasteiger partial charge in [0.25, 0.3) is 0 Å². The number of nitrogens with zero attached hydrogens (tertiary/aromatic N) is 3. The standard InChI is InChI=1S/C21H14ClF2N4/c22-16-8-15-14-6-7-28(21-25-10-13(23)11-26-21)20(12-4-2-1-3-5-12)19(14)27-18(15)9-17(16)24/h2-5,8-11,20,27H,6-7H2. The Morgan fingerprint density at radius 2 is 1.89 bits per heavy atom. The maximum atomic E-state index is 14.0. The zero-order chi connectivity index (χ0) is 19.3. The Balaban J connectivity index is 1.72. The molecular weight excluding hydrogens is 382 g/mol. The molecule has 1 radical (unpaired) electrons. The molecule has 28 heavy (non-hydrogen) atoms. The molecule has 1 atom stereocenters. The number of hydrogen-bond acceptors (Lipinski definition) is 3. The van der Waals surface area contributed by atoms with Crippen molar-refractivity contribution in [1.29, 1.82) is 0 Å². The highest BCUT2D eigenvalue weighted by Gasteiger charge is 2.33. The first kappa shape index (κ1) is 17.1. The number of rotatable bonds is 2. The van der Waals surface area contributed by atoms with Crippen LogP contribution in [0.5, 0.6) is 0 Å². The van der Waals surface area contributed by atoms with Crippen molar-refractivity contribution < 1.29 is 8.78 Å². The van der Waals surface area contributed by atoms with Gasteiger partial charge >= 0.3 is 0 Å². The molecule has 2 aromatic heterocycles. The second kappa shape index (κ2) is 6.56. The van der Waals surface area contributed by atoms with E-state index >= 15 is 0 Å². The Kier molecular flexibility index (Phi) is 4.02. The van der Waals surface area contributed by atoms with Crippen LogP contribution in [0.15, 0.2) is 48.8 Å². The summed E-state index contributed by atoms with van der Waals surface area (Å²) in [6.45, 7) is 0.629. The number of H-pyrrole nitrogens is 1. The third-order valence-corrected chi connectivity index (χ3v) is 5.38. The van der Waals surface area contributed by atoms with E-state index in [2.05, 4.69) is 21.0 Å². The molecule has 4 nitrogen and oxygen atoms in total. The number of halogens is 3. The smallest absolute Gasteiger partial charge is 0.226 e. The molecule has 4 aromatic rings. The summed E-state index contributed by atoms with van der Waals surface area (Å²) < 4.78 is 27.3.